The first-order valence-corrected chi connectivity index (χ1v) is 7.85. The van der Waals surface area contributed by atoms with E-state index < -0.39 is 0 Å². The number of hydrogen-bond acceptors (Lipinski definition) is 5. The van der Waals surface area contributed by atoms with Crippen LogP contribution >= 0.6 is 11.3 Å². The molecule has 0 spiro atoms. The lowest BCUT2D eigenvalue weighted by Crippen LogP contribution is -2.28. The maximum atomic E-state index is 12.1. The molecular formula is C14H20N4OS. The van der Waals surface area contributed by atoms with Crippen LogP contribution in [-0.2, 0) is 19.4 Å². The van der Waals surface area contributed by atoms with Crippen LogP contribution in [-0.4, -0.2) is 35.1 Å². The molecule has 0 unspecified atom stereocenters. The molecule has 2 N–H and O–H groups in total. The van der Waals surface area contributed by atoms with Gasteiger partial charge in [-0.05, 0) is 45.3 Å². The summed E-state index contributed by atoms with van der Waals surface area (Å²) in [6.45, 7) is 1.48. The lowest BCUT2D eigenvalue weighted by molar-refractivity contribution is 0.383. The topological polar surface area (TPSA) is 64.2 Å². The normalized spacial score (nSPS) is 14.9. The van der Waals surface area contributed by atoms with Crippen molar-refractivity contribution in [3.05, 3.63) is 20.9 Å². The largest absolute Gasteiger partial charge is 0.383 e. The van der Waals surface area contributed by atoms with Crippen molar-refractivity contribution in [3.63, 3.8) is 0 Å². The molecule has 0 fully saturated rings. The van der Waals surface area contributed by atoms with Crippen molar-refractivity contribution in [2.24, 2.45) is 0 Å². The van der Waals surface area contributed by atoms with Crippen LogP contribution in [0.3, 0.4) is 0 Å². The van der Waals surface area contributed by atoms with Gasteiger partial charge in [0.05, 0.1) is 5.39 Å². The Labute approximate surface area is 122 Å². The van der Waals surface area contributed by atoms with Crippen molar-refractivity contribution >= 4 is 27.4 Å². The quantitative estimate of drug-likeness (QED) is 0.930. The van der Waals surface area contributed by atoms with Crippen LogP contribution in [0.1, 0.15) is 23.3 Å². The summed E-state index contributed by atoms with van der Waals surface area (Å²) < 4.78 is 1.79. The molecule has 2 aromatic heterocycles. The van der Waals surface area contributed by atoms with Gasteiger partial charge in [0.2, 0.25) is 0 Å². The van der Waals surface area contributed by atoms with Gasteiger partial charge in [0.15, 0.2) is 0 Å². The second-order valence-corrected chi connectivity index (χ2v) is 6.71. The molecule has 0 bridgehead atoms. The maximum absolute atomic E-state index is 12.1. The number of nitrogens with two attached hydrogens (primary N) is 1. The van der Waals surface area contributed by atoms with Gasteiger partial charge in [-0.15, -0.1) is 11.3 Å². The van der Waals surface area contributed by atoms with E-state index in [2.05, 4.69) is 9.88 Å². The number of rotatable bonds is 3. The zero-order chi connectivity index (χ0) is 14.3. The third-order valence-electron chi connectivity index (χ3n) is 3.87. The van der Waals surface area contributed by atoms with Crippen LogP contribution in [0.2, 0.25) is 0 Å². The van der Waals surface area contributed by atoms with Crippen molar-refractivity contribution in [3.8, 4) is 0 Å². The SMILES string of the molecule is CN(C)CCn1c(=O)nc(N)c2c3c(sc21)CCCC3. The first-order valence-electron chi connectivity index (χ1n) is 7.03. The molecule has 6 heteroatoms. The summed E-state index contributed by atoms with van der Waals surface area (Å²) in [4.78, 5) is 20.6. The van der Waals surface area contributed by atoms with Crippen molar-refractivity contribution < 1.29 is 0 Å². The minimum Gasteiger partial charge on any atom is -0.383 e. The average molecular weight is 292 g/mol. The van der Waals surface area contributed by atoms with Crippen LogP contribution in [0.4, 0.5) is 5.82 Å². The minimum absolute atomic E-state index is 0.226. The Bertz CT molecular complexity index is 701. The number of anilines is 1. The highest BCUT2D eigenvalue weighted by molar-refractivity contribution is 7.19. The van der Waals surface area contributed by atoms with Gasteiger partial charge in [0, 0.05) is 18.0 Å². The van der Waals surface area contributed by atoms with E-state index in [-0.39, 0.29) is 5.69 Å². The molecule has 5 nitrogen and oxygen atoms in total. The zero-order valence-electron chi connectivity index (χ0n) is 12.0. The summed E-state index contributed by atoms with van der Waals surface area (Å²) in [6, 6.07) is 0. The predicted octanol–water partition coefficient (Wildman–Crippen LogP) is 1.48. The molecule has 0 saturated carbocycles. The lowest BCUT2D eigenvalue weighted by atomic mass is 9.97. The van der Waals surface area contributed by atoms with Crippen LogP contribution < -0.4 is 11.4 Å². The smallest absolute Gasteiger partial charge is 0.350 e. The Balaban J connectivity index is 2.19. The van der Waals surface area contributed by atoms with E-state index in [1.54, 1.807) is 15.9 Å². The van der Waals surface area contributed by atoms with Crippen molar-refractivity contribution in [1.29, 1.82) is 0 Å². The number of fused-ring (bicyclic) bond motifs is 3. The van der Waals surface area contributed by atoms with E-state index in [9.17, 15) is 4.79 Å². The summed E-state index contributed by atoms with van der Waals surface area (Å²) in [5.41, 5.74) is 7.13. The van der Waals surface area contributed by atoms with Crippen molar-refractivity contribution in [2.75, 3.05) is 26.4 Å². The molecule has 0 radical (unpaired) electrons. The van der Waals surface area contributed by atoms with Crippen LogP contribution in [0.15, 0.2) is 4.79 Å². The summed E-state index contributed by atoms with van der Waals surface area (Å²) >= 11 is 1.73. The van der Waals surface area contributed by atoms with E-state index in [0.717, 1.165) is 29.6 Å². The van der Waals surface area contributed by atoms with Crippen LogP contribution in [0.5, 0.6) is 0 Å². The Morgan fingerprint density at radius 1 is 1.35 bits per heavy atom. The second kappa shape index (κ2) is 5.18. The average Bonchev–Trinajstić information content (AvgIpc) is 2.77. The summed E-state index contributed by atoms with van der Waals surface area (Å²) in [5.74, 6) is 0.408. The van der Waals surface area contributed by atoms with Gasteiger partial charge in [-0.25, -0.2) is 4.79 Å². The molecule has 1 aliphatic carbocycles. The molecule has 1 aliphatic rings. The van der Waals surface area contributed by atoms with Gasteiger partial charge in [-0.1, -0.05) is 0 Å². The predicted molar refractivity (Wildman–Crippen MR) is 83.5 cm³/mol. The number of thiophene rings is 1. The monoisotopic (exact) mass is 292 g/mol. The molecule has 2 aromatic rings. The van der Waals surface area contributed by atoms with Crippen molar-refractivity contribution in [2.45, 2.75) is 32.2 Å². The summed E-state index contributed by atoms with van der Waals surface area (Å²) in [7, 11) is 4.01. The third kappa shape index (κ3) is 2.23. The standard InChI is InChI=1S/C14H20N4OS/c1-17(2)7-8-18-13-11(12(15)16-14(18)19)9-5-3-4-6-10(9)20-13/h3-8H2,1-2H3,(H2,15,16,19). The van der Waals surface area contributed by atoms with Gasteiger partial charge < -0.3 is 10.6 Å². The fourth-order valence-corrected chi connectivity index (χ4v) is 4.23. The van der Waals surface area contributed by atoms with Crippen LogP contribution in [0.25, 0.3) is 10.2 Å². The molecule has 0 aromatic carbocycles. The first-order chi connectivity index (χ1) is 9.58. The van der Waals surface area contributed by atoms with Gasteiger partial charge in [-0.2, -0.15) is 4.98 Å². The van der Waals surface area contributed by atoms with Crippen LogP contribution in [0, 0.1) is 0 Å². The van der Waals surface area contributed by atoms with E-state index in [0.29, 0.717) is 12.4 Å². The van der Waals surface area contributed by atoms with E-state index in [1.807, 2.05) is 14.1 Å². The number of aromatic nitrogens is 2. The molecular weight excluding hydrogens is 272 g/mol. The number of nitrogen functional groups attached to an aromatic ring is 1. The number of hydrogen-bond donors (Lipinski definition) is 1. The van der Waals surface area contributed by atoms with E-state index >= 15 is 0 Å². The van der Waals surface area contributed by atoms with Gasteiger partial charge in [0.25, 0.3) is 0 Å². The number of nitrogens with zero attached hydrogens (tertiary/aromatic N) is 3. The molecule has 0 aliphatic heterocycles. The Morgan fingerprint density at radius 2 is 2.10 bits per heavy atom. The zero-order valence-corrected chi connectivity index (χ0v) is 12.8. The van der Waals surface area contributed by atoms with E-state index in [1.165, 1.54) is 23.3 Å². The number of aryl methyl sites for hydroxylation is 2. The Kier molecular flexibility index (Phi) is 3.52. The molecule has 3 rings (SSSR count). The fraction of sp³-hybridized carbons (Fsp3) is 0.571. The highest BCUT2D eigenvalue weighted by Crippen LogP contribution is 2.37. The van der Waals surface area contributed by atoms with E-state index in [4.69, 9.17) is 5.73 Å². The molecule has 108 valence electrons. The molecule has 0 amide bonds. The third-order valence-corrected chi connectivity index (χ3v) is 5.19. The minimum atomic E-state index is -0.226. The molecule has 2 heterocycles. The highest BCUT2D eigenvalue weighted by Gasteiger charge is 2.21. The Morgan fingerprint density at radius 3 is 2.85 bits per heavy atom. The maximum Gasteiger partial charge on any atom is 0.350 e. The van der Waals surface area contributed by atoms with Gasteiger partial charge in [-0.3, -0.25) is 4.57 Å². The van der Waals surface area contributed by atoms with Gasteiger partial charge in [0.1, 0.15) is 10.6 Å². The molecule has 0 atom stereocenters. The molecule has 0 saturated heterocycles. The first kappa shape index (κ1) is 13.6. The second-order valence-electron chi connectivity index (χ2n) is 5.63. The highest BCUT2D eigenvalue weighted by atomic mass is 32.1. The number of likely N-dealkylation sites (N-methyl/N-ethyl adjacent to an activating group) is 1. The Hall–Kier alpha value is -1.40. The summed E-state index contributed by atoms with van der Waals surface area (Å²) in [5, 5.41) is 1.03. The lowest BCUT2D eigenvalue weighted by Gasteiger charge is -2.13. The fourth-order valence-electron chi connectivity index (χ4n) is 2.81. The van der Waals surface area contributed by atoms with Gasteiger partial charge >= 0.3 is 5.69 Å². The summed E-state index contributed by atoms with van der Waals surface area (Å²) in [6.07, 6.45) is 4.60. The van der Waals surface area contributed by atoms with Crippen molar-refractivity contribution in [1.82, 2.24) is 14.5 Å². The molecule has 20 heavy (non-hydrogen) atoms.